The van der Waals surface area contributed by atoms with Crippen LogP contribution < -0.4 is 0 Å². The number of aromatic nitrogens is 8. The molecule has 5 rings (SSSR count). The molecule has 0 unspecified atom stereocenters. The Morgan fingerprint density at radius 3 is 2.76 bits per heavy atom. The molecule has 1 saturated heterocycles. The van der Waals surface area contributed by atoms with Gasteiger partial charge in [-0.2, -0.15) is 10.2 Å². The average Bonchev–Trinajstić information content (AvgIpc) is 3.62. The topological polar surface area (TPSA) is 91.4 Å². The Hall–Kier alpha value is -2.76. The minimum absolute atomic E-state index is 0.162. The van der Waals surface area contributed by atoms with Crippen molar-refractivity contribution < 1.29 is 4.74 Å². The van der Waals surface area contributed by atoms with E-state index in [2.05, 4.69) is 61.2 Å². The van der Waals surface area contributed by atoms with Crippen molar-refractivity contribution >= 4 is 24.0 Å². The van der Waals surface area contributed by atoms with Crippen LogP contribution in [0, 0.1) is 4.77 Å². The summed E-state index contributed by atoms with van der Waals surface area (Å²) < 4.78 is 12.3. The second-order valence-electron chi connectivity index (χ2n) is 8.02. The first kappa shape index (κ1) is 22.1. The third kappa shape index (κ3) is 4.66. The van der Waals surface area contributed by atoms with Crippen LogP contribution in [0.4, 0.5) is 0 Å². The summed E-state index contributed by atoms with van der Waals surface area (Å²) in [4.78, 5) is 0. The standard InChI is InChI=1S/C22H26N8OS2/c1-3-15-6-8-16(9-7-15)30-19(23-25-21(30)32)14-33-22-26-24-20(18-10-11-28(2)27-18)29(22)13-17-5-4-12-31-17/h6-11,17H,3-5,12-14H2,1-2H3,(H,25,32)/t17-/m1/s1. The van der Waals surface area contributed by atoms with Crippen LogP contribution in [0.5, 0.6) is 0 Å². The second-order valence-corrected chi connectivity index (χ2v) is 9.34. The molecule has 0 spiro atoms. The monoisotopic (exact) mass is 482 g/mol. The third-order valence-corrected chi connectivity index (χ3v) is 6.98. The Bertz CT molecular complexity index is 1280. The fraction of sp³-hybridized carbons (Fsp3) is 0.409. The molecule has 11 heteroatoms. The maximum atomic E-state index is 5.89. The highest BCUT2D eigenvalue weighted by Crippen LogP contribution is 2.28. The molecule has 9 nitrogen and oxygen atoms in total. The number of hydrogen-bond donors (Lipinski definition) is 1. The molecule has 1 atom stereocenters. The highest BCUT2D eigenvalue weighted by Gasteiger charge is 2.23. The zero-order valence-corrected chi connectivity index (χ0v) is 20.3. The van der Waals surface area contributed by atoms with E-state index in [-0.39, 0.29) is 6.10 Å². The van der Waals surface area contributed by atoms with Crippen molar-refractivity contribution in [3.63, 3.8) is 0 Å². The van der Waals surface area contributed by atoms with E-state index < -0.39 is 0 Å². The van der Waals surface area contributed by atoms with E-state index in [9.17, 15) is 0 Å². The first-order chi connectivity index (χ1) is 16.1. The summed E-state index contributed by atoms with van der Waals surface area (Å²) in [6.07, 6.45) is 5.19. The van der Waals surface area contributed by atoms with Crippen LogP contribution in [0.15, 0.2) is 41.7 Å². The first-order valence-electron chi connectivity index (χ1n) is 11.1. The molecule has 4 heterocycles. The lowest BCUT2D eigenvalue weighted by molar-refractivity contribution is 0.0953. The average molecular weight is 483 g/mol. The number of aryl methyl sites for hydroxylation is 2. The van der Waals surface area contributed by atoms with Crippen molar-refractivity contribution in [1.29, 1.82) is 0 Å². The minimum Gasteiger partial charge on any atom is -0.376 e. The van der Waals surface area contributed by atoms with E-state index in [1.807, 2.05) is 23.9 Å². The lowest BCUT2D eigenvalue weighted by Gasteiger charge is -2.14. The smallest absolute Gasteiger partial charge is 0.199 e. The number of H-pyrrole nitrogens is 1. The molecule has 0 amide bonds. The Labute approximate surface area is 201 Å². The fourth-order valence-corrected chi connectivity index (χ4v) is 5.10. The number of nitrogens with zero attached hydrogens (tertiary/aromatic N) is 7. The number of hydrogen-bond acceptors (Lipinski definition) is 7. The van der Waals surface area contributed by atoms with Gasteiger partial charge in [0.15, 0.2) is 15.8 Å². The molecule has 172 valence electrons. The Balaban J connectivity index is 1.42. The first-order valence-corrected chi connectivity index (χ1v) is 12.4. The van der Waals surface area contributed by atoms with Gasteiger partial charge in [0.05, 0.1) is 18.4 Å². The number of aromatic amines is 1. The Morgan fingerprint density at radius 2 is 2.06 bits per heavy atom. The molecule has 4 aromatic rings. The van der Waals surface area contributed by atoms with Crippen LogP contribution in [0.2, 0.25) is 0 Å². The van der Waals surface area contributed by atoms with Gasteiger partial charge in [0, 0.05) is 25.5 Å². The van der Waals surface area contributed by atoms with Gasteiger partial charge in [0.1, 0.15) is 11.5 Å². The van der Waals surface area contributed by atoms with Gasteiger partial charge < -0.3 is 4.74 Å². The number of nitrogens with one attached hydrogen (secondary N) is 1. The summed E-state index contributed by atoms with van der Waals surface area (Å²) >= 11 is 7.10. The molecule has 1 N–H and O–H groups in total. The highest BCUT2D eigenvalue weighted by molar-refractivity contribution is 7.98. The van der Waals surface area contributed by atoms with E-state index >= 15 is 0 Å². The predicted molar refractivity (Wildman–Crippen MR) is 129 cm³/mol. The summed E-state index contributed by atoms with van der Waals surface area (Å²) in [6.45, 7) is 3.65. The molecular weight excluding hydrogens is 456 g/mol. The van der Waals surface area contributed by atoms with Gasteiger partial charge in [-0.15, -0.1) is 10.2 Å². The van der Waals surface area contributed by atoms with Gasteiger partial charge >= 0.3 is 0 Å². The van der Waals surface area contributed by atoms with Crippen molar-refractivity contribution in [1.82, 2.24) is 39.3 Å². The van der Waals surface area contributed by atoms with Crippen molar-refractivity contribution in [2.24, 2.45) is 7.05 Å². The maximum Gasteiger partial charge on any atom is 0.199 e. The predicted octanol–water partition coefficient (Wildman–Crippen LogP) is 3.96. The van der Waals surface area contributed by atoms with Gasteiger partial charge in [0.25, 0.3) is 0 Å². The van der Waals surface area contributed by atoms with E-state index in [1.165, 1.54) is 5.56 Å². The summed E-state index contributed by atoms with van der Waals surface area (Å²) in [6, 6.07) is 10.4. The molecule has 1 fully saturated rings. The van der Waals surface area contributed by atoms with Crippen molar-refractivity contribution in [3.05, 3.63) is 52.7 Å². The Kier molecular flexibility index (Phi) is 6.43. The summed E-state index contributed by atoms with van der Waals surface area (Å²) in [5.41, 5.74) is 3.08. The SMILES string of the molecule is CCc1ccc(-n2c(CSc3nnc(-c4ccn(C)n4)n3C[C@H]3CCCO3)n[nH]c2=S)cc1. The number of rotatable bonds is 8. The number of ether oxygens (including phenoxy) is 1. The van der Waals surface area contributed by atoms with E-state index in [4.69, 9.17) is 17.0 Å². The lowest BCUT2D eigenvalue weighted by atomic mass is 10.1. The minimum atomic E-state index is 0.162. The molecule has 1 aliphatic heterocycles. The zero-order valence-electron chi connectivity index (χ0n) is 18.6. The van der Waals surface area contributed by atoms with Gasteiger partial charge in [-0.05, 0) is 55.2 Å². The van der Waals surface area contributed by atoms with Crippen molar-refractivity contribution in [3.8, 4) is 17.2 Å². The number of thioether (sulfide) groups is 1. The molecule has 0 aliphatic carbocycles. The summed E-state index contributed by atoms with van der Waals surface area (Å²) in [7, 11) is 1.90. The molecule has 1 aromatic carbocycles. The molecule has 3 aromatic heterocycles. The lowest BCUT2D eigenvalue weighted by Crippen LogP contribution is -2.17. The molecule has 33 heavy (non-hydrogen) atoms. The van der Waals surface area contributed by atoms with Crippen LogP contribution in [-0.4, -0.2) is 52.0 Å². The molecular formula is C22H26N8OS2. The molecule has 1 aliphatic rings. The molecule has 0 bridgehead atoms. The van der Waals surface area contributed by atoms with E-state index in [0.717, 1.165) is 54.1 Å². The van der Waals surface area contributed by atoms with Crippen LogP contribution in [0.25, 0.3) is 17.2 Å². The summed E-state index contributed by atoms with van der Waals surface area (Å²) in [5, 5.41) is 21.7. The fourth-order valence-electron chi connectivity index (χ4n) is 3.98. The maximum absolute atomic E-state index is 5.89. The van der Waals surface area contributed by atoms with Crippen LogP contribution in [0.3, 0.4) is 0 Å². The molecule has 0 saturated carbocycles. The zero-order chi connectivity index (χ0) is 22.8. The Morgan fingerprint density at radius 1 is 1.21 bits per heavy atom. The van der Waals surface area contributed by atoms with Crippen LogP contribution in [0.1, 0.15) is 31.2 Å². The quantitative estimate of drug-likeness (QED) is 0.300. The second kappa shape index (κ2) is 9.62. The summed E-state index contributed by atoms with van der Waals surface area (Å²) in [5.74, 6) is 2.18. The van der Waals surface area contributed by atoms with Gasteiger partial charge in [0.2, 0.25) is 0 Å². The number of benzene rings is 1. The normalized spacial score (nSPS) is 16.0. The third-order valence-electron chi connectivity index (χ3n) is 5.74. The van der Waals surface area contributed by atoms with E-state index in [0.29, 0.717) is 17.1 Å². The molecule has 0 radical (unpaired) electrons. The van der Waals surface area contributed by atoms with Crippen molar-refractivity contribution in [2.45, 2.75) is 49.7 Å². The van der Waals surface area contributed by atoms with Gasteiger partial charge in [-0.3, -0.25) is 18.9 Å². The largest absolute Gasteiger partial charge is 0.376 e. The van der Waals surface area contributed by atoms with Crippen LogP contribution in [-0.2, 0) is 30.5 Å². The van der Waals surface area contributed by atoms with Gasteiger partial charge in [-0.1, -0.05) is 30.8 Å². The van der Waals surface area contributed by atoms with Gasteiger partial charge in [-0.25, -0.2) is 0 Å². The van der Waals surface area contributed by atoms with E-state index in [1.54, 1.807) is 16.4 Å². The highest BCUT2D eigenvalue weighted by atomic mass is 32.2. The van der Waals surface area contributed by atoms with Crippen LogP contribution >= 0.6 is 24.0 Å². The van der Waals surface area contributed by atoms with Crippen molar-refractivity contribution in [2.75, 3.05) is 6.61 Å².